The first kappa shape index (κ1) is 26.4. The standard InChI is InChI=1S/C25H32BrClN2O6/c1-3-34-24(33)17-18-23(32)29(11-6-4-5-7-12-30)21(25(18)13-15(26)20(17)35-25)22(31)28-19-14(2)9-8-10-16(19)27/h8-10,15,17-18,20-21,30H,3-7,11-13H2,1-2H3,(H,28,31)/t15?,17-,18-,20-,21?,25?/m0/s1. The van der Waals surface area contributed by atoms with E-state index in [1.807, 2.05) is 13.0 Å². The van der Waals surface area contributed by atoms with Gasteiger partial charge in [-0.2, -0.15) is 0 Å². The Kier molecular flexibility index (Phi) is 8.10. The maximum absolute atomic E-state index is 13.8. The number of rotatable bonds is 10. The van der Waals surface area contributed by atoms with Crippen molar-refractivity contribution in [3.8, 4) is 0 Å². The lowest BCUT2D eigenvalue weighted by Gasteiger charge is -2.34. The zero-order valence-electron chi connectivity index (χ0n) is 20.0. The molecule has 2 N–H and O–H groups in total. The van der Waals surface area contributed by atoms with E-state index in [2.05, 4.69) is 21.2 Å². The molecule has 1 aromatic rings. The molecule has 3 saturated heterocycles. The normalized spacial score (nSPS) is 31.1. The highest BCUT2D eigenvalue weighted by Crippen LogP contribution is 2.60. The fourth-order valence-corrected chi connectivity index (χ4v) is 7.12. The van der Waals surface area contributed by atoms with Gasteiger partial charge in [-0.1, -0.05) is 52.5 Å². The maximum Gasteiger partial charge on any atom is 0.312 e. The van der Waals surface area contributed by atoms with E-state index in [4.69, 9.17) is 26.2 Å². The Hall–Kier alpha value is -1.68. The number of ether oxygens (including phenoxy) is 2. The molecule has 0 aromatic heterocycles. The van der Waals surface area contributed by atoms with Crippen LogP contribution in [0.15, 0.2) is 18.2 Å². The Morgan fingerprint density at radius 3 is 2.74 bits per heavy atom. The van der Waals surface area contributed by atoms with Gasteiger partial charge in [0.05, 0.1) is 35.3 Å². The van der Waals surface area contributed by atoms with E-state index in [-0.39, 0.29) is 29.9 Å². The number of aryl methyl sites for hydroxylation is 1. The highest BCUT2D eigenvalue weighted by atomic mass is 79.9. The minimum Gasteiger partial charge on any atom is -0.466 e. The van der Waals surface area contributed by atoms with Crippen LogP contribution in [0.4, 0.5) is 5.69 Å². The number of amides is 2. The molecule has 2 bridgehead atoms. The van der Waals surface area contributed by atoms with Crippen LogP contribution in [0.2, 0.25) is 5.02 Å². The number of alkyl halides is 1. The average molecular weight is 572 g/mol. The van der Waals surface area contributed by atoms with Gasteiger partial charge in [0.2, 0.25) is 11.8 Å². The molecule has 10 heteroatoms. The van der Waals surface area contributed by atoms with Crippen LogP contribution in [-0.2, 0) is 23.9 Å². The molecule has 4 rings (SSSR count). The Morgan fingerprint density at radius 1 is 1.31 bits per heavy atom. The first-order chi connectivity index (χ1) is 16.8. The summed E-state index contributed by atoms with van der Waals surface area (Å²) < 4.78 is 11.7. The van der Waals surface area contributed by atoms with E-state index in [0.29, 0.717) is 36.5 Å². The molecule has 2 amide bonds. The van der Waals surface area contributed by atoms with Gasteiger partial charge < -0.3 is 24.8 Å². The quantitative estimate of drug-likeness (QED) is 0.253. The van der Waals surface area contributed by atoms with Crippen LogP contribution in [-0.4, -0.2) is 70.1 Å². The van der Waals surface area contributed by atoms with Crippen molar-refractivity contribution < 1.29 is 29.0 Å². The van der Waals surface area contributed by atoms with Crippen LogP contribution in [0.1, 0.15) is 44.6 Å². The second kappa shape index (κ2) is 10.7. The number of benzene rings is 1. The van der Waals surface area contributed by atoms with Crippen molar-refractivity contribution in [1.82, 2.24) is 4.90 Å². The summed E-state index contributed by atoms with van der Waals surface area (Å²) in [5.74, 6) is -2.63. The fourth-order valence-electron chi connectivity index (χ4n) is 5.91. The first-order valence-corrected chi connectivity index (χ1v) is 13.5. The molecule has 3 unspecified atom stereocenters. The molecule has 35 heavy (non-hydrogen) atoms. The molecule has 3 fully saturated rings. The summed E-state index contributed by atoms with van der Waals surface area (Å²) in [4.78, 5) is 42.0. The summed E-state index contributed by atoms with van der Waals surface area (Å²) in [5, 5.41) is 12.4. The average Bonchev–Trinajstić information content (AvgIpc) is 3.40. The van der Waals surface area contributed by atoms with Crippen LogP contribution in [0.25, 0.3) is 0 Å². The van der Waals surface area contributed by atoms with Gasteiger partial charge in [-0.25, -0.2) is 0 Å². The second-order valence-corrected chi connectivity index (χ2v) is 11.1. The number of nitrogens with one attached hydrogen (secondary N) is 1. The van der Waals surface area contributed by atoms with E-state index >= 15 is 0 Å². The minimum atomic E-state index is -1.13. The fraction of sp³-hybridized carbons (Fsp3) is 0.640. The number of para-hydroxylation sites is 1. The summed E-state index contributed by atoms with van der Waals surface area (Å²) in [6, 6.07) is 4.45. The SMILES string of the molecule is CCOC(=O)[C@H]1[C@H]2C(=O)N(CCCCCCO)C(C(=O)Nc3c(C)cccc3Cl)C23CC(Br)[C@@H]1O3. The molecule has 8 nitrogen and oxygen atoms in total. The van der Waals surface area contributed by atoms with Gasteiger partial charge in [0, 0.05) is 18.0 Å². The predicted molar refractivity (Wildman–Crippen MR) is 134 cm³/mol. The van der Waals surface area contributed by atoms with Crippen molar-refractivity contribution in [2.24, 2.45) is 11.8 Å². The van der Waals surface area contributed by atoms with Gasteiger partial charge in [-0.15, -0.1) is 0 Å². The smallest absolute Gasteiger partial charge is 0.312 e. The van der Waals surface area contributed by atoms with Crippen molar-refractivity contribution in [3.05, 3.63) is 28.8 Å². The molecular formula is C25H32BrClN2O6. The lowest BCUT2D eigenvalue weighted by molar-refractivity contribution is -0.154. The number of likely N-dealkylation sites (tertiary alicyclic amines) is 1. The van der Waals surface area contributed by atoms with Crippen molar-refractivity contribution in [2.75, 3.05) is 25.1 Å². The first-order valence-electron chi connectivity index (χ1n) is 12.2. The molecule has 6 atom stereocenters. The number of aliphatic hydroxyl groups excluding tert-OH is 1. The van der Waals surface area contributed by atoms with Crippen molar-refractivity contribution in [3.63, 3.8) is 0 Å². The molecule has 0 aliphatic carbocycles. The zero-order valence-corrected chi connectivity index (χ0v) is 22.3. The van der Waals surface area contributed by atoms with Crippen LogP contribution in [0, 0.1) is 18.8 Å². The van der Waals surface area contributed by atoms with Gasteiger partial charge in [-0.3, -0.25) is 14.4 Å². The molecule has 0 saturated carbocycles. The number of nitrogens with zero attached hydrogens (tertiary/aromatic N) is 1. The topological polar surface area (TPSA) is 105 Å². The van der Waals surface area contributed by atoms with E-state index in [1.165, 1.54) is 0 Å². The predicted octanol–water partition coefficient (Wildman–Crippen LogP) is 3.45. The monoisotopic (exact) mass is 570 g/mol. The molecular weight excluding hydrogens is 540 g/mol. The number of anilines is 1. The molecule has 192 valence electrons. The van der Waals surface area contributed by atoms with Crippen molar-refractivity contribution >= 4 is 51.0 Å². The minimum absolute atomic E-state index is 0.124. The van der Waals surface area contributed by atoms with E-state index < -0.39 is 35.6 Å². The Bertz CT molecular complexity index is 972. The number of unbranched alkanes of at least 4 members (excludes halogenated alkanes) is 3. The van der Waals surface area contributed by atoms with E-state index in [1.54, 1.807) is 24.0 Å². The Morgan fingerprint density at radius 2 is 2.06 bits per heavy atom. The van der Waals surface area contributed by atoms with Gasteiger partial charge >= 0.3 is 5.97 Å². The zero-order chi connectivity index (χ0) is 25.3. The van der Waals surface area contributed by atoms with Gasteiger partial charge in [0.25, 0.3) is 0 Å². The summed E-state index contributed by atoms with van der Waals surface area (Å²) >= 11 is 10.0. The third kappa shape index (κ3) is 4.61. The number of carbonyl (C=O) groups excluding carboxylic acids is 3. The van der Waals surface area contributed by atoms with Crippen LogP contribution in [0.3, 0.4) is 0 Å². The number of carbonyl (C=O) groups is 3. The number of hydrogen-bond donors (Lipinski definition) is 2. The number of hydrogen-bond acceptors (Lipinski definition) is 6. The summed E-state index contributed by atoms with van der Waals surface area (Å²) in [6.45, 7) is 4.26. The third-order valence-electron chi connectivity index (χ3n) is 7.37. The van der Waals surface area contributed by atoms with Gasteiger partial charge in [-0.05, 0) is 44.7 Å². The number of fused-ring (bicyclic) bond motifs is 1. The summed E-state index contributed by atoms with van der Waals surface area (Å²) in [6.07, 6.45) is 2.91. The molecule has 0 radical (unpaired) electrons. The lowest BCUT2D eigenvalue weighted by Crippen LogP contribution is -2.54. The van der Waals surface area contributed by atoms with E-state index in [9.17, 15) is 14.4 Å². The Labute approximate surface area is 218 Å². The van der Waals surface area contributed by atoms with Crippen LogP contribution in [0.5, 0.6) is 0 Å². The lowest BCUT2D eigenvalue weighted by atomic mass is 9.70. The summed E-state index contributed by atoms with van der Waals surface area (Å²) in [7, 11) is 0. The van der Waals surface area contributed by atoms with Crippen LogP contribution >= 0.6 is 27.5 Å². The molecule has 3 heterocycles. The highest BCUT2D eigenvalue weighted by molar-refractivity contribution is 9.09. The highest BCUT2D eigenvalue weighted by Gasteiger charge is 2.76. The number of aliphatic hydroxyl groups is 1. The largest absolute Gasteiger partial charge is 0.466 e. The molecule has 3 aliphatic heterocycles. The maximum atomic E-state index is 13.8. The van der Waals surface area contributed by atoms with Crippen molar-refractivity contribution in [2.45, 2.75) is 68.5 Å². The van der Waals surface area contributed by atoms with Crippen molar-refractivity contribution in [1.29, 1.82) is 0 Å². The molecule has 1 spiro atoms. The van der Waals surface area contributed by atoms with Gasteiger partial charge in [0.1, 0.15) is 11.6 Å². The number of halogens is 2. The second-order valence-electron chi connectivity index (χ2n) is 9.51. The van der Waals surface area contributed by atoms with E-state index in [0.717, 1.165) is 18.4 Å². The third-order valence-corrected chi connectivity index (χ3v) is 8.53. The molecule has 3 aliphatic rings. The van der Waals surface area contributed by atoms with Gasteiger partial charge in [0.15, 0.2) is 0 Å². The molecule has 1 aromatic carbocycles. The summed E-state index contributed by atoms with van der Waals surface area (Å²) in [5.41, 5.74) is 0.177. The van der Waals surface area contributed by atoms with Crippen LogP contribution < -0.4 is 5.32 Å². The Balaban J connectivity index is 1.67. The number of esters is 1.